The van der Waals surface area contributed by atoms with E-state index in [1.807, 2.05) is 6.92 Å². The highest BCUT2D eigenvalue weighted by Gasteiger charge is 2.25. The molecule has 0 bridgehead atoms. The first kappa shape index (κ1) is 12.3. The molecule has 0 aromatic rings. The summed E-state index contributed by atoms with van der Waals surface area (Å²) in [7, 11) is 1.71. The van der Waals surface area contributed by atoms with E-state index in [4.69, 9.17) is 23.1 Å². The van der Waals surface area contributed by atoms with Gasteiger partial charge in [-0.2, -0.15) is 0 Å². The Balaban J connectivity index is 4.45. The van der Waals surface area contributed by atoms with Gasteiger partial charge in [0.25, 0.3) is 0 Å². The van der Waals surface area contributed by atoms with Crippen LogP contribution in [0, 0.1) is 0 Å². The summed E-state index contributed by atoms with van der Waals surface area (Å²) in [6, 6.07) is -0.701. The molecule has 0 aromatic heterocycles. The third kappa shape index (κ3) is 3.28. The minimum absolute atomic E-state index is 0.184. The number of carboxylic acids is 1. The summed E-state index contributed by atoms with van der Waals surface area (Å²) in [5, 5.41) is 8.85. The SMILES string of the molecule is CCC(C(=O)O)N(C)C(C)C(N)=S. The molecule has 0 spiro atoms. The lowest BCUT2D eigenvalue weighted by Crippen LogP contribution is -2.48. The van der Waals surface area contributed by atoms with E-state index in [-0.39, 0.29) is 6.04 Å². The van der Waals surface area contributed by atoms with Crippen molar-refractivity contribution in [3.05, 3.63) is 0 Å². The van der Waals surface area contributed by atoms with Crippen LogP contribution in [0.3, 0.4) is 0 Å². The predicted molar refractivity (Wildman–Crippen MR) is 55.7 cm³/mol. The molecule has 0 saturated heterocycles. The first-order valence-corrected chi connectivity index (χ1v) is 4.56. The van der Waals surface area contributed by atoms with Crippen LogP contribution in [0.1, 0.15) is 20.3 Å². The van der Waals surface area contributed by atoms with Crippen LogP contribution in [0.4, 0.5) is 0 Å². The fourth-order valence-electron chi connectivity index (χ4n) is 1.11. The van der Waals surface area contributed by atoms with E-state index in [1.165, 1.54) is 0 Å². The van der Waals surface area contributed by atoms with Crippen LogP contribution in [0.15, 0.2) is 0 Å². The number of hydrogen-bond donors (Lipinski definition) is 2. The van der Waals surface area contributed by atoms with Gasteiger partial charge in [0.15, 0.2) is 0 Å². The molecule has 0 saturated carbocycles. The van der Waals surface area contributed by atoms with Crippen molar-refractivity contribution in [1.29, 1.82) is 0 Å². The Bertz CT molecular complexity index is 208. The van der Waals surface area contributed by atoms with Crippen molar-refractivity contribution in [2.45, 2.75) is 32.4 Å². The van der Waals surface area contributed by atoms with E-state index < -0.39 is 12.0 Å². The average Bonchev–Trinajstić information content (AvgIpc) is 2.03. The minimum Gasteiger partial charge on any atom is -0.480 e. The fourth-order valence-corrected chi connectivity index (χ4v) is 1.27. The zero-order valence-corrected chi connectivity index (χ0v) is 8.97. The number of thiocarbonyl (C=S) groups is 1. The molecule has 76 valence electrons. The van der Waals surface area contributed by atoms with Gasteiger partial charge in [0.2, 0.25) is 0 Å². The number of carboxylic acid groups (broad SMARTS) is 1. The molecule has 0 aliphatic heterocycles. The van der Waals surface area contributed by atoms with Gasteiger partial charge in [-0.1, -0.05) is 19.1 Å². The van der Waals surface area contributed by atoms with Crippen molar-refractivity contribution >= 4 is 23.2 Å². The lowest BCUT2D eigenvalue weighted by Gasteiger charge is -2.28. The monoisotopic (exact) mass is 204 g/mol. The molecule has 4 nitrogen and oxygen atoms in total. The van der Waals surface area contributed by atoms with Gasteiger partial charge in [-0.25, -0.2) is 0 Å². The lowest BCUT2D eigenvalue weighted by molar-refractivity contribution is -0.143. The Morgan fingerprint density at radius 1 is 1.69 bits per heavy atom. The highest BCUT2D eigenvalue weighted by molar-refractivity contribution is 7.80. The van der Waals surface area contributed by atoms with E-state index in [1.54, 1.807) is 18.9 Å². The smallest absolute Gasteiger partial charge is 0.320 e. The van der Waals surface area contributed by atoms with Gasteiger partial charge >= 0.3 is 5.97 Å². The summed E-state index contributed by atoms with van der Waals surface area (Å²) in [4.78, 5) is 12.8. The van der Waals surface area contributed by atoms with Crippen molar-refractivity contribution in [1.82, 2.24) is 4.90 Å². The standard InChI is InChI=1S/C8H16N2O2S/c1-4-6(8(11)12)10(3)5(2)7(9)13/h5-6H,4H2,1-3H3,(H2,9,13)(H,11,12). The molecule has 0 heterocycles. The number of carbonyl (C=O) groups is 1. The van der Waals surface area contributed by atoms with Gasteiger partial charge < -0.3 is 10.8 Å². The van der Waals surface area contributed by atoms with E-state index in [0.29, 0.717) is 11.4 Å². The van der Waals surface area contributed by atoms with Gasteiger partial charge in [-0.05, 0) is 20.4 Å². The van der Waals surface area contributed by atoms with E-state index >= 15 is 0 Å². The third-order valence-corrected chi connectivity index (χ3v) is 2.53. The fraction of sp³-hybridized carbons (Fsp3) is 0.750. The molecule has 2 atom stereocenters. The molecule has 5 heteroatoms. The molecule has 0 aliphatic rings. The zero-order valence-electron chi connectivity index (χ0n) is 8.15. The average molecular weight is 204 g/mol. The minimum atomic E-state index is -0.840. The molecule has 13 heavy (non-hydrogen) atoms. The molecule has 0 aromatic carbocycles. The first-order valence-electron chi connectivity index (χ1n) is 4.15. The number of rotatable bonds is 5. The highest BCUT2D eigenvalue weighted by Crippen LogP contribution is 2.06. The molecular formula is C8H16N2O2S. The van der Waals surface area contributed by atoms with Crippen LogP contribution in [-0.4, -0.2) is 40.1 Å². The van der Waals surface area contributed by atoms with Crippen LogP contribution in [0.5, 0.6) is 0 Å². The second-order valence-corrected chi connectivity index (χ2v) is 3.48. The summed E-state index contributed by atoms with van der Waals surface area (Å²) >= 11 is 4.79. The van der Waals surface area contributed by atoms with Gasteiger partial charge in [0.05, 0.1) is 11.0 Å². The van der Waals surface area contributed by atoms with E-state index in [2.05, 4.69) is 0 Å². The largest absolute Gasteiger partial charge is 0.480 e. The molecule has 0 aliphatic carbocycles. The maximum atomic E-state index is 10.8. The topological polar surface area (TPSA) is 66.6 Å². The second-order valence-electron chi connectivity index (χ2n) is 3.01. The molecule has 0 amide bonds. The Hall–Kier alpha value is -0.680. The first-order chi connectivity index (χ1) is 5.91. The van der Waals surface area contributed by atoms with Gasteiger partial charge in [0, 0.05) is 0 Å². The summed E-state index contributed by atoms with van der Waals surface area (Å²) in [6.07, 6.45) is 0.540. The van der Waals surface area contributed by atoms with Crippen molar-refractivity contribution < 1.29 is 9.90 Å². The second kappa shape index (κ2) is 5.14. The highest BCUT2D eigenvalue weighted by atomic mass is 32.1. The maximum Gasteiger partial charge on any atom is 0.320 e. The maximum absolute atomic E-state index is 10.8. The predicted octanol–water partition coefficient (Wildman–Crippen LogP) is 0.456. The summed E-state index contributed by atoms with van der Waals surface area (Å²) in [5.41, 5.74) is 5.43. The Kier molecular flexibility index (Phi) is 4.87. The third-order valence-electron chi connectivity index (χ3n) is 2.19. The van der Waals surface area contributed by atoms with Crippen molar-refractivity contribution in [3.63, 3.8) is 0 Å². The Labute approximate surface area is 83.7 Å². The molecule has 2 unspecified atom stereocenters. The summed E-state index contributed by atoms with van der Waals surface area (Å²) < 4.78 is 0. The van der Waals surface area contributed by atoms with Crippen LogP contribution in [0.2, 0.25) is 0 Å². The summed E-state index contributed by atoms with van der Waals surface area (Å²) in [6.45, 7) is 3.62. The molecule has 0 radical (unpaired) electrons. The van der Waals surface area contributed by atoms with Crippen molar-refractivity contribution in [3.8, 4) is 0 Å². The van der Waals surface area contributed by atoms with E-state index in [9.17, 15) is 4.79 Å². The van der Waals surface area contributed by atoms with Crippen molar-refractivity contribution in [2.75, 3.05) is 7.05 Å². The lowest BCUT2D eigenvalue weighted by atomic mass is 10.1. The molecule has 0 fully saturated rings. The number of aliphatic carboxylic acids is 1. The number of nitrogens with zero attached hydrogens (tertiary/aromatic N) is 1. The van der Waals surface area contributed by atoms with Crippen LogP contribution >= 0.6 is 12.2 Å². The summed E-state index contributed by atoms with van der Waals surface area (Å²) in [5.74, 6) is -0.840. The van der Waals surface area contributed by atoms with Gasteiger partial charge in [-0.3, -0.25) is 9.69 Å². The van der Waals surface area contributed by atoms with Crippen LogP contribution in [0.25, 0.3) is 0 Å². The van der Waals surface area contributed by atoms with Crippen LogP contribution in [-0.2, 0) is 4.79 Å². The van der Waals surface area contributed by atoms with Gasteiger partial charge in [-0.15, -0.1) is 0 Å². The molecule has 0 rings (SSSR count). The Morgan fingerprint density at radius 2 is 2.15 bits per heavy atom. The zero-order chi connectivity index (χ0) is 10.6. The van der Waals surface area contributed by atoms with E-state index in [0.717, 1.165) is 0 Å². The number of nitrogens with two attached hydrogens (primary N) is 1. The van der Waals surface area contributed by atoms with Crippen LogP contribution < -0.4 is 5.73 Å². The quantitative estimate of drug-likeness (QED) is 0.637. The number of likely N-dealkylation sites (N-methyl/N-ethyl adjacent to an activating group) is 1. The molecular weight excluding hydrogens is 188 g/mol. The molecule has 3 N–H and O–H groups in total. The van der Waals surface area contributed by atoms with Crippen molar-refractivity contribution in [2.24, 2.45) is 5.73 Å². The van der Waals surface area contributed by atoms with Gasteiger partial charge in [0.1, 0.15) is 6.04 Å². The Morgan fingerprint density at radius 3 is 2.38 bits per heavy atom. The number of hydrogen-bond acceptors (Lipinski definition) is 3. The normalized spacial score (nSPS) is 15.4.